The summed E-state index contributed by atoms with van der Waals surface area (Å²) >= 11 is 0. The molecule has 10 fully saturated rings. The Hall–Kier alpha value is -3.96. The van der Waals surface area contributed by atoms with Crippen LogP contribution in [0, 0.1) is 0 Å². The Morgan fingerprint density at radius 1 is 0.230 bits per heavy atom. The molecule has 10 aliphatic rings. The highest BCUT2D eigenvalue weighted by Crippen LogP contribution is 2.40. The number of aliphatic hydroxyl groups is 27. The average molecular weight is 1790 g/mol. The van der Waals surface area contributed by atoms with Crippen molar-refractivity contribution in [1.82, 2.24) is 21.3 Å². The fourth-order valence-electron chi connectivity index (χ4n) is 15.8. The van der Waals surface area contributed by atoms with Crippen LogP contribution >= 0.6 is 0 Å². The fraction of sp³-hybridized carbons (Fsp3) is 0.941. The summed E-state index contributed by atoms with van der Waals surface area (Å²) in [5.41, 5.74) is 0. The maximum Gasteiger partial charge on any atom is 0.217 e. The molecule has 0 radical (unpaired) electrons. The Labute approximate surface area is 691 Å². The van der Waals surface area contributed by atoms with Gasteiger partial charge in [-0.05, 0) is 6.92 Å². The SMILES string of the molecule is CC(=O)N[C@@H]1[C@@H](O)[C@H](O[C@@H]2O[C@H](CO)[C@@H](O[C@@H]3O[C@H](CO[C@H]4O[C@H](CO)[C@@H](O[C@@H]5O[C@H](CO)[C@@H](O[C@@H]6O[C@H](CO)[C@H](O)[C@H](O)[C@H]6O)[C@H](O)[C@H]5NC(C)=O)[C@H](O)[C@@H]4O)[C@@H](O)[C@H](O[C@H]4O[C@H](CO)[C@@H](O[C@@H]5O[C@H](CO)[C@@H](O[C@@H]6O[C@H](CO)[C@H](O)[C@H](O)[C@H]6O)[C@H](O)[C@H]5NC(C)=O)[C@H](O)[C@@H]4O)[C@@H]3O)[C@H](O)[C@H]2NC(C)=O)[C@@H](CO[C@@H]2O[C@@H](C)[C@@H](O)[C@@H](O)[C@@H]2O)O[C@H]1O. The highest BCUT2D eigenvalue weighted by atomic mass is 16.8. The summed E-state index contributed by atoms with van der Waals surface area (Å²) in [6.45, 7) is -4.43. The van der Waals surface area contributed by atoms with Gasteiger partial charge in [-0.25, -0.2) is 0 Å². The van der Waals surface area contributed by atoms with Crippen molar-refractivity contribution in [1.29, 1.82) is 0 Å². The molecule has 0 saturated carbocycles. The normalized spacial score (nSPS) is 49.7. The average Bonchev–Trinajstić information content (AvgIpc) is 0.770. The first-order valence-corrected chi connectivity index (χ1v) is 39.0. The van der Waals surface area contributed by atoms with Gasteiger partial charge in [-0.1, -0.05) is 0 Å². The summed E-state index contributed by atoms with van der Waals surface area (Å²) in [4.78, 5) is 51.0. The van der Waals surface area contributed by atoms with Gasteiger partial charge in [0.15, 0.2) is 62.9 Å². The Kier molecular flexibility index (Phi) is 35.8. The van der Waals surface area contributed by atoms with E-state index < -0.39 is 390 Å². The van der Waals surface area contributed by atoms with E-state index in [-0.39, 0.29) is 0 Å². The summed E-state index contributed by atoms with van der Waals surface area (Å²) in [5, 5.41) is 309. The van der Waals surface area contributed by atoms with Crippen molar-refractivity contribution < 1.29 is 247 Å². The maximum atomic E-state index is 13.2. The summed E-state index contributed by atoms with van der Waals surface area (Å²) in [6, 6.07) is -7.38. The van der Waals surface area contributed by atoms with E-state index in [1.54, 1.807) is 0 Å². The number of hydrogen-bond acceptors (Lipinski definition) is 50. The second-order valence-electron chi connectivity index (χ2n) is 31.0. The standard InChI is InChI=1S/C68H114N4O50/c1-15-33(84)41(92)46(97)63(106-15)105-14-28-57(37(88)29(59(103)107-28)69-16(2)80)118-62-32(72-19(5)83)40(91)54(24(10-77)112-62)121-68-51(102)58(122-67-50(101)45(96)56(26(12-79)114-67)117-61-31(71-18(4)82)39(90)53(23(9-76)111-61)120-66-48(99)43(94)35(86)21(7-74)109-66)36(87)27(115-68)13-104-64-49(100)44(95)55(25(11-78)113-64)116-60-30(70-17(3)81)38(89)52(22(8-75)110-60)119-65-47(98)42(93)34(85)20(6-73)108-65/h15,20-68,73-79,84-103H,6-14H2,1-5H3,(H,69,80)(H,70,81)(H,71,82)(H,72,83)/t15-,20+,21+,22+,23+,24+,25+,26+,27+,28+,29+,30+,31+,32+,33+,34-,35-,36+,37+,38+,39+,40+,41+,42-,43-,44+,45+,46-,47+,48+,49-,50-,51-,52+,53+,54+,55+,56+,57+,58-,59+,60-,61-,62-,63+,64-,65-,66-,67+,68-/m0/s1. The van der Waals surface area contributed by atoms with Crippen LogP contribution in [0.15, 0.2) is 0 Å². The molecule has 10 heterocycles. The van der Waals surface area contributed by atoms with Gasteiger partial charge in [0.25, 0.3) is 0 Å². The van der Waals surface area contributed by atoms with Crippen molar-refractivity contribution in [2.75, 3.05) is 59.5 Å². The largest absolute Gasteiger partial charge is 0.394 e. The number of carbonyl (C=O) groups is 4. The van der Waals surface area contributed by atoms with Crippen molar-refractivity contribution in [2.45, 2.75) is 341 Å². The zero-order valence-electron chi connectivity index (χ0n) is 65.7. The summed E-state index contributed by atoms with van der Waals surface area (Å²) in [7, 11) is 0. The minimum atomic E-state index is -2.54. The van der Waals surface area contributed by atoms with E-state index >= 15 is 0 Å². The number of rotatable bonds is 31. The summed E-state index contributed by atoms with van der Waals surface area (Å²) in [5.74, 6) is -3.60. The Balaban J connectivity index is 0.909. The molecule has 122 heavy (non-hydrogen) atoms. The zero-order valence-corrected chi connectivity index (χ0v) is 65.7. The van der Waals surface area contributed by atoms with Crippen molar-refractivity contribution in [3.63, 3.8) is 0 Å². The number of nitrogens with one attached hydrogen (secondary N) is 4. The molecule has 0 aromatic rings. The molecule has 4 amide bonds. The number of aliphatic hydroxyl groups excluding tert-OH is 27. The van der Waals surface area contributed by atoms with E-state index in [2.05, 4.69) is 21.3 Å². The monoisotopic (exact) mass is 1790 g/mol. The minimum Gasteiger partial charge on any atom is -0.394 e. The molecular formula is C68H114N4O50. The third-order valence-electron chi connectivity index (χ3n) is 22.4. The van der Waals surface area contributed by atoms with E-state index in [9.17, 15) is 157 Å². The van der Waals surface area contributed by atoms with Crippen LogP contribution in [0.5, 0.6) is 0 Å². The highest BCUT2D eigenvalue weighted by molar-refractivity contribution is 5.74. The molecule has 54 nitrogen and oxygen atoms in total. The van der Waals surface area contributed by atoms with E-state index in [4.69, 9.17) is 90.0 Å². The van der Waals surface area contributed by atoms with Crippen molar-refractivity contribution in [3.05, 3.63) is 0 Å². The number of carbonyl (C=O) groups excluding carboxylic acids is 4. The predicted octanol–water partition coefficient (Wildman–Crippen LogP) is -21.2. The first kappa shape index (κ1) is 100. The van der Waals surface area contributed by atoms with Crippen LogP contribution < -0.4 is 21.3 Å². The summed E-state index contributed by atoms with van der Waals surface area (Å²) < 4.78 is 111. The molecular weight excluding hydrogens is 1670 g/mol. The molecule has 706 valence electrons. The molecule has 0 bridgehead atoms. The predicted molar refractivity (Wildman–Crippen MR) is 375 cm³/mol. The van der Waals surface area contributed by atoms with E-state index in [1.165, 1.54) is 6.92 Å². The van der Waals surface area contributed by atoms with Crippen molar-refractivity contribution in [2.24, 2.45) is 0 Å². The topological polar surface area (TPSA) is 838 Å². The lowest BCUT2D eigenvalue weighted by atomic mass is 9.93. The maximum absolute atomic E-state index is 13.2. The van der Waals surface area contributed by atoms with E-state index in [1.807, 2.05) is 0 Å². The lowest BCUT2D eigenvalue weighted by Gasteiger charge is -2.51. The van der Waals surface area contributed by atoms with Gasteiger partial charge in [-0.2, -0.15) is 0 Å². The molecule has 0 unspecified atom stereocenters. The van der Waals surface area contributed by atoms with Crippen LogP contribution in [0.1, 0.15) is 34.6 Å². The molecule has 10 aliphatic heterocycles. The molecule has 54 heteroatoms. The van der Waals surface area contributed by atoms with E-state index in [0.717, 1.165) is 27.7 Å². The molecule has 10 rings (SSSR count). The number of hydrogen-bond donors (Lipinski definition) is 31. The first-order valence-electron chi connectivity index (χ1n) is 39.0. The van der Waals surface area contributed by atoms with Crippen LogP contribution in [0.3, 0.4) is 0 Å². The lowest BCUT2D eigenvalue weighted by Crippen LogP contribution is -2.71. The fourth-order valence-corrected chi connectivity index (χ4v) is 15.8. The molecule has 0 spiro atoms. The Morgan fingerprint density at radius 2 is 0.475 bits per heavy atom. The van der Waals surface area contributed by atoms with Gasteiger partial charge in [0.1, 0.15) is 238 Å². The number of amides is 4. The Morgan fingerprint density at radius 3 is 0.844 bits per heavy atom. The zero-order chi connectivity index (χ0) is 89.8. The van der Waals surface area contributed by atoms with E-state index in [0.29, 0.717) is 0 Å². The second kappa shape index (κ2) is 43.6. The molecule has 0 aliphatic carbocycles. The van der Waals surface area contributed by atoms with Gasteiger partial charge < -0.3 is 249 Å². The quantitative estimate of drug-likeness (QED) is 0.0306. The van der Waals surface area contributed by atoms with Gasteiger partial charge in [-0.3, -0.25) is 19.2 Å². The van der Waals surface area contributed by atoms with Crippen LogP contribution in [0.25, 0.3) is 0 Å². The van der Waals surface area contributed by atoms with Crippen molar-refractivity contribution >= 4 is 23.6 Å². The van der Waals surface area contributed by atoms with Crippen LogP contribution in [0.4, 0.5) is 0 Å². The molecule has 0 aromatic heterocycles. The smallest absolute Gasteiger partial charge is 0.217 e. The van der Waals surface area contributed by atoms with Gasteiger partial charge in [-0.15, -0.1) is 0 Å². The first-order chi connectivity index (χ1) is 57.7. The summed E-state index contributed by atoms with van der Waals surface area (Å²) in [6.07, 6.45) is -92.8. The highest BCUT2D eigenvalue weighted by Gasteiger charge is 2.61. The Bertz CT molecular complexity index is 3280. The molecule has 10 saturated heterocycles. The lowest BCUT2D eigenvalue weighted by molar-refractivity contribution is -0.392. The second-order valence-corrected chi connectivity index (χ2v) is 31.0. The molecule has 0 aromatic carbocycles. The van der Waals surface area contributed by atoms with Crippen molar-refractivity contribution in [3.8, 4) is 0 Å². The van der Waals surface area contributed by atoms with Crippen LogP contribution in [0.2, 0.25) is 0 Å². The van der Waals surface area contributed by atoms with Gasteiger partial charge >= 0.3 is 0 Å². The van der Waals surface area contributed by atoms with Gasteiger partial charge in [0, 0.05) is 27.7 Å². The van der Waals surface area contributed by atoms with Crippen LogP contribution in [-0.2, 0) is 109 Å². The molecule has 50 atom stereocenters. The minimum absolute atomic E-state index is 0.833. The number of ether oxygens (including phenoxy) is 19. The van der Waals surface area contributed by atoms with Gasteiger partial charge in [0.2, 0.25) is 23.6 Å². The van der Waals surface area contributed by atoms with Crippen LogP contribution in [-0.4, -0.2) is 528 Å². The van der Waals surface area contributed by atoms with Gasteiger partial charge in [0.05, 0.1) is 65.6 Å². The molecule has 31 N–H and O–H groups in total. The third kappa shape index (κ3) is 22.0. The third-order valence-corrected chi connectivity index (χ3v) is 22.4.